The van der Waals surface area contributed by atoms with Crippen LogP contribution in [0.2, 0.25) is 5.28 Å². The second-order valence-corrected chi connectivity index (χ2v) is 40.2. The molecule has 0 spiro atoms. The number of aliphatic hydroxyl groups is 2. The highest BCUT2D eigenvalue weighted by Gasteiger charge is 2.37. The molecular formula is C111H123ClN22O16. The van der Waals surface area contributed by atoms with Crippen molar-refractivity contribution in [3.05, 3.63) is 274 Å². The standard InChI is InChI=1S/C31H36N6O4.2C27H29N5O4.C20H21ClN4O3.C6H8N2O/c1-31(2,3)41-30(38)37-12-10-25(20-37)40-28-8-6-22(14-23(28)15-32)27-9-11-33-29(35-27)13-21-5-7-24(34-16-21)17-36-18-26(19-36)39-4;1-27(2,3)36-26(33)32-12-10-21(17-32)35-23-7-6-19(14-20(23)15-28)22-9-11-29-24(31-22)13-18-5-8-25(34-4)30-16-18;1-27(2,3)36-26(34)32-11-9-22(16-32)35-24-7-5-19(13-20(24)14-28)23-8-10-29-25(31-23)12-18-4-6-21(17-33)30-15-18;1-20(2,3)28-19(26)25-9-7-15(12-25)27-17-5-4-13(10-14(17)11-22)16-6-8-23-18(21)24-16;7-5-1-2-6(4-9)8-3-5/h5-9,11,14,16,25-26H,10,12-13,17-20H2,1-4H3;5-9,11,14,16,21H,10,12-13,17H2,1-4H3;4-8,10,13,15,22,33H,9,11-12,16-17H2,1-3H3;4-6,8,10,15H,7,9,12H2,1-3H3;1-3,9H,4,7H2/t25-;21-;22-;15-;/m1111./s1. The third kappa shape index (κ3) is 33.4. The summed E-state index contributed by atoms with van der Waals surface area (Å²) in [4.78, 5) is 110. The van der Waals surface area contributed by atoms with Crippen LogP contribution in [0.4, 0.5) is 24.9 Å². The molecule has 780 valence electrons. The second kappa shape index (κ2) is 51.4. The predicted molar refractivity (Wildman–Crippen MR) is 555 cm³/mol. The van der Waals surface area contributed by atoms with Crippen molar-refractivity contribution >= 4 is 41.7 Å². The van der Waals surface area contributed by atoms with E-state index in [0.29, 0.717) is 206 Å². The predicted octanol–water partition coefficient (Wildman–Crippen LogP) is 16.7. The largest absolute Gasteiger partial charge is 0.487 e. The van der Waals surface area contributed by atoms with Gasteiger partial charge in [-0.2, -0.15) is 21.0 Å². The van der Waals surface area contributed by atoms with Gasteiger partial charge in [0.25, 0.3) is 0 Å². The Kier molecular flexibility index (Phi) is 38.0. The van der Waals surface area contributed by atoms with Gasteiger partial charge in [-0.1, -0.05) is 18.2 Å². The monoisotopic (exact) mass is 2050 g/mol. The van der Waals surface area contributed by atoms with E-state index in [1.165, 1.54) is 6.20 Å². The van der Waals surface area contributed by atoms with Gasteiger partial charge >= 0.3 is 24.4 Å². The summed E-state index contributed by atoms with van der Waals surface area (Å²) < 4.78 is 56.5. The molecule has 39 heteroatoms. The number of rotatable bonds is 24. The van der Waals surface area contributed by atoms with Gasteiger partial charge in [0.15, 0.2) is 0 Å². The fourth-order valence-electron chi connectivity index (χ4n) is 16.0. The number of nitriles is 4. The number of carbonyl (C=O) groups excluding carboxylic acids is 4. The maximum atomic E-state index is 12.4. The van der Waals surface area contributed by atoms with Gasteiger partial charge in [0.1, 0.15) is 112 Å². The van der Waals surface area contributed by atoms with E-state index in [1.807, 2.05) is 144 Å². The van der Waals surface area contributed by atoms with E-state index in [9.17, 15) is 40.2 Å². The van der Waals surface area contributed by atoms with Crippen molar-refractivity contribution in [2.75, 3.05) is 85.4 Å². The van der Waals surface area contributed by atoms with Crippen molar-refractivity contribution < 1.29 is 76.8 Å². The van der Waals surface area contributed by atoms with Crippen LogP contribution >= 0.6 is 11.6 Å². The minimum Gasteiger partial charge on any atom is -0.487 e. The number of amides is 4. The van der Waals surface area contributed by atoms with Crippen LogP contribution in [0, 0.1) is 45.3 Å². The zero-order chi connectivity index (χ0) is 107. The molecule has 4 N–H and O–H groups in total. The number of methoxy groups -OCH3 is 2. The molecule has 5 aliphatic heterocycles. The van der Waals surface area contributed by atoms with Crippen molar-refractivity contribution in [2.45, 2.75) is 201 Å². The smallest absolute Gasteiger partial charge is 0.410 e. The molecule has 0 bridgehead atoms. The van der Waals surface area contributed by atoms with Gasteiger partial charge in [-0.3, -0.25) is 19.9 Å². The average Bonchev–Trinajstić information content (AvgIpc) is 1.37. The van der Waals surface area contributed by atoms with E-state index in [-0.39, 0.29) is 67.3 Å². The number of likely N-dealkylation sites (tertiary alicyclic amines) is 5. The van der Waals surface area contributed by atoms with E-state index >= 15 is 0 Å². The number of nitrogens with two attached hydrogens (primary N) is 1. The number of carbonyl (C=O) groups is 4. The number of aliphatic hydroxyl groups excluding tert-OH is 2. The number of hydrogen-bond donors (Lipinski definition) is 3. The van der Waals surface area contributed by atoms with Gasteiger partial charge < -0.3 is 82.9 Å². The zero-order valence-corrected chi connectivity index (χ0v) is 87.2. The second-order valence-electron chi connectivity index (χ2n) is 39.9. The zero-order valence-electron chi connectivity index (χ0n) is 86.5. The molecule has 0 aliphatic carbocycles. The highest BCUT2D eigenvalue weighted by molar-refractivity contribution is 6.28. The van der Waals surface area contributed by atoms with Crippen molar-refractivity contribution in [2.24, 2.45) is 0 Å². The SMILES string of the molecule is CC(C)(C)OC(=O)N1CC[C@@H](Oc2ccc(-c3ccnc(Cc4ccc(CO)nc4)n3)cc2C#N)C1.CC(C)(C)OC(=O)N1CC[C@@H](Oc2ccc(-c3ccnc(Cl)n3)cc2C#N)C1.COC1CN(Cc2ccc(Cc3nccc(-c4ccc(O[C@@H]5CCN(C(=O)OC(C)(C)C)C5)c(C#N)c4)n3)cn2)C1.COc1ccc(Cc2nccc(-c3ccc(O[C@@H]4CCN(C(=O)OC(C)(C)C)C4)c(C#N)c3)n2)cn1.Nc1ccc(CO)nc1. The Bertz CT molecular complexity index is 6620. The Hall–Kier alpha value is -16.2. The van der Waals surface area contributed by atoms with Gasteiger partial charge in [0.05, 0.1) is 127 Å². The number of halogens is 1. The lowest BCUT2D eigenvalue weighted by Gasteiger charge is -2.37. The van der Waals surface area contributed by atoms with Crippen LogP contribution in [0.1, 0.15) is 182 Å². The Morgan fingerprint density at radius 3 is 0.953 bits per heavy atom. The molecule has 13 heterocycles. The van der Waals surface area contributed by atoms with Gasteiger partial charge in [0.2, 0.25) is 11.2 Å². The van der Waals surface area contributed by atoms with E-state index in [0.717, 1.165) is 70.0 Å². The first kappa shape index (κ1) is 111. The van der Waals surface area contributed by atoms with Crippen LogP contribution in [-0.2, 0) is 62.7 Å². The molecule has 4 atom stereocenters. The molecule has 17 rings (SSSR count). The fraction of sp³-hybridized carbons (Fsp3) is 0.387. The third-order valence-corrected chi connectivity index (χ3v) is 23.5. The Balaban J connectivity index is 0.000000163. The number of nitrogen functional groups attached to an aromatic ring is 1. The molecule has 0 radical (unpaired) electrons. The van der Waals surface area contributed by atoms with Crippen LogP contribution in [0.15, 0.2) is 195 Å². The average molecular weight is 2060 g/mol. The molecule has 12 aromatic rings. The normalized spacial score (nSPS) is 15.8. The number of hydrogen-bond acceptors (Lipinski definition) is 34. The van der Waals surface area contributed by atoms with Gasteiger partial charge in [-0.05, 0) is 233 Å². The molecule has 5 aliphatic rings. The maximum Gasteiger partial charge on any atom is 0.410 e. The van der Waals surface area contributed by atoms with Gasteiger partial charge in [0, 0.05) is 170 Å². The summed E-state index contributed by atoms with van der Waals surface area (Å²) >= 11 is 5.84. The topological polar surface area (TPSA) is 493 Å². The lowest BCUT2D eigenvalue weighted by molar-refractivity contribution is -0.0339. The lowest BCUT2D eigenvalue weighted by Crippen LogP contribution is -2.51. The molecular weight excluding hydrogens is 1930 g/mol. The number of anilines is 1. The molecule has 5 saturated heterocycles. The summed E-state index contributed by atoms with van der Waals surface area (Å²) in [7, 11) is 3.32. The number of pyridine rings is 4. The summed E-state index contributed by atoms with van der Waals surface area (Å²) in [6, 6.07) is 52.4. The van der Waals surface area contributed by atoms with Crippen LogP contribution < -0.4 is 29.4 Å². The molecule has 150 heavy (non-hydrogen) atoms. The first-order chi connectivity index (χ1) is 71.7. The summed E-state index contributed by atoms with van der Waals surface area (Å²) in [6.07, 6.45) is 15.9. The van der Waals surface area contributed by atoms with E-state index in [2.05, 4.69) is 90.1 Å². The quantitative estimate of drug-likeness (QED) is 0.0373. The van der Waals surface area contributed by atoms with Gasteiger partial charge in [-0.25, -0.2) is 64.0 Å². The van der Waals surface area contributed by atoms with E-state index < -0.39 is 22.4 Å². The van der Waals surface area contributed by atoms with Crippen molar-refractivity contribution in [3.63, 3.8) is 0 Å². The highest BCUT2D eigenvalue weighted by atomic mass is 35.5. The number of benzene rings is 4. The molecule has 4 aromatic carbocycles. The van der Waals surface area contributed by atoms with E-state index in [4.69, 9.17) is 79.9 Å². The third-order valence-electron chi connectivity index (χ3n) is 23.4. The maximum absolute atomic E-state index is 12.4. The van der Waals surface area contributed by atoms with E-state index in [1.54, 1.807) is 156 Å². The summed E-state index contributed by atoms with van der Waals surface area (Å²) in [6.45, 7) is 28.5. The van der Waals surface area contributed by atoms with Crippen molar-refractivity contribution in [1.29, 1.82) is 21.0 Å². The highest BCUT2D eigenvalue weighted by Crippen LogP contribution is 2.36. The van der Waals surface area contributed by atoms with Crippen molar-refractivity contribution in [1.82, 2.24) is 84.3 Å². The minimum absolute atomic E-state index is 0.0275. The van der Waals surface area contributed by atoms with Crippen LogP contribution in [0.5, 0.6) is 28.9 Å². The molecule has 5 fully saturated rings. The minimum atomic E-state index is -0.553. The number of nitrogens with zero attached hydrogens (tertiary/aromatic N) is 21. The first-order valence-corrected chi connectivity index (χ1v) is 49.4. The summed E-state index contributed by atoms with van der Waals surface area (Å²) in [5, 5.41) is 56.7. The fourth-order valence-corrected chi connectivity index (χ4v) is 16.1. The summed E-state index contributed by atoms with van der Waals surface area (Å²) in [5.41, 5.74) is 16.4. The van der Waals surface area contributed by atoms with Crippen LogP contribution in [0.25, 0.3) is 45.0 Å². The van der Waals surface area contributed by atoms with Crippen LogP contribution in [0.3, 0.4) is 0 Å². The number of aromatic nitrogens is 12. The molecule has 8 aromatic heterocycles. The molecule has 0 saturated carbocycles. The molecule has 38 nitrogen and oxygen atoms in total. The lowest BCUT2D eigenvalue weighted by atomic mass is 10.1. The Morgan fingerprint density at radius 1 is 0.373 bits per heavy atom. The Morgan fingerprint density at radius 2 is 0.680 bits per heavy atom. The number of ether oxygens (including phenoxy) is 10. The Labute approximate surface area is 877 Å². The molecule has 0 unspecified atom stereocenters. The summed E-state index contributed by atoms with van der Waals surface area (Å²) in [5.74, 6) is 4.41. The van der Waals surface area contributed by atoms with Crippen molar-refractivity contribution in [3.8, 4) is 98.2 Å². The van der Waals surface area contributed by atoms with Crippen LogP contribution in [-0.4, -0.2) is 251 Å². The first-order valence-electron chi connectivity index (χ1n) is 49.0. The van der Waals surface area contributed by atoms with Gasteiger partial charge in [-0.15, -0.1) is 0 Å². The molecule has 4 amide bonds.